The second-order valence-electron chi connectivity index (χ2n) is 4.14. The average molecular weight is 275 g/mol. The quantitative estimate of drug-likeness (QED) is 0.777. The van der Waals surface area contributed by atoms with Crippen molar-refractivity contribution in [3.05, 3.63) is 53.6 Å². The van der Waals surface area contributed by atoms with E-state index in [4.69, 9.17) is 9.52 Å². The second-order valence-corrected chi connectivity index (χ2v) is 4.14. The Morgan fingerprint density at radius 1 is 1.15 bits per heavy atom. The first-order valence-corrected chi connectivity index (χ1v) is 5.64. The third-order valence-electron chi connectivity index (χ3n) is 2.75. The van der Waals surface area contributed by atoms with E-state index in [9.17, 15) is 13.6 Å². The van der Waals surface area contributed by atoms with Crippen LogP contribution in [0.2, 0.25) is 0 Å². The smallest absolute Gasteiger partial charge is 0.339 e. The summed E-state index contributed by atoms with van der Waals surface area (Å²) in [7, 11) is 0. The zero-order chi connectivity index (χ0) is 14.3. The van der Waals surface area contributed by atoms with E-state index >= 15 is 0 Å². The van der Waals surface area contributed by atoms with Gasteiger partial charge in [-0.05, 0) is 24.3 Å². The van der Waals surface area contributed by atoms with Crippen molar-refractivity contribution in [3.8, 4) is 11.5 Å². The van der Waals surface area contributed by atoms with Crippen molar-refractivity contribution in [2.24, 2.45) is 0 Å². The van der Waals surface area contributed by atoms with Crippen LogP contribution < -0.4 is 0 Å². The van der Waals surface area contributed by atoms with E-state index in [0.717, 1.165) is 18.2 Å². The molecule has 0 bridgehead atoms. The number of carboxylic acids is 1. The summed E-state index contributed by atoms with van der Waals surface area (Å²) < 4.78 is 31.7. The lowest BCUT2D eigenvalue weighted by Crippen LogP contribution is -1.95. The van der Waals surface area contributed by atoms with Gasteiger partial charge in [0.25, 0.3) is 0 Å². The summed E-state index contributed by atoms with van der Waals surface area (Å²) in [5.74, 6) is -2.72. The molecule has 1 N–H and O–H groups in total. The number of para-hydroxylation sites is 1. The van der Waals surface area contributed by atoms with Crippen LogP contribution in [-0.4, -0.2) is 16.1 Å². The largest absolute Gasteiger partial charge is 0.478 e. The van der Waals surface area contributed by atoms with Crippen molar-refractivity contribution in [2.45, 2.75) is 0 Å². The number of carboxylic acid groups (broad SMARTS) is 1. The van der Waals surface area contributed by atoms with Gasteiger partial charge >= 0.3 is 5.97 Å². The van der Waals surface area contributed by atoms with Gasteiger partial charge in [0.05, 0.1) is 0 Å². The number of aromatic nitrogens is 1. The van der Waals surface area contributed by atoms with Gasteiger partial charge < -0.3 is 9.52 Å². The first-order valence-electron chi connectivity index (χ1n) is 5.64. The van der Waals surface area contributed by atoms with E-state index in [1.54, 1.807) is 6.07 Å². The molecule has 3 aromatic rings. The number of fused-ring (bicyclic) bond motifs is 1. The molecule has 1 heterocycles. The van der Waals surface area contributed by atoms with Gasteiger partial charge in [-0.15, -0.1) is 0 Å². The summed E-state index contributed by atoms with van der Waals surface area (Å²) in [4.78, 5) is 15.1. The predicted octanol–water partition coefficient (Wildman–Crippen LogP) is 3.47. The van der Waals surface area contributed by atoms with Crippen molar-refractivity contribution in [3.63, 3.8) is 0 Å². The van der Waals surface area contributed by atoms with Gasteiger partial charge in [0.1, 0.15) is 22.7 Å². The van der Waals surface area contributed by atoms with Gasteiger partial charge in [0.15, 0.2) is 5.58 Å². The number of hydrogen-bond donors (Lipinski definition) is 1. The molecular weight excluding hydrogens is 268 g/mol. The number of aromatic carboxylic acids is 1. The molecule has 0 radical (unpaired) electrons. The summed E-state index contributed by atoms with van der Waals surface area (Å²) in [6.45, 7) is 0. The van der Waals surface area contributed by atoms with Crippen LogP contribution in [0.1, 0.15) is 10.4 Å². The van der Waals surface area contributed by atoms with Crippen LogP contribution in [0.4, 0.5) is 8.78 Å². The summed E-state index contributed by atoms with van der Waals surface area (Å²) in [5, 5.41) is 9.04. The normalized spacial score (nSPS) is 10.9. The molecule has 0 saturated heterocycles. The molecule has 100 valence electrons. The van der Waals surface area contributed by atoms with Crippen LogP contribution in [-0.2, 0) is 0 Å². The fourth-order valence-corrected chi connectivity index (χ4v) is 1.92. The number of benzene rings is 2. The van der Waals surface area contributed by atoms with E-state index in [1.807, 2.05) is 0 Å². The number of nitrogens with zero attached hydrogens (tertiary/aromatic N) is 1. The number of halogens is 2. The lowest BCUT2D eigenvalue weighted by atomic mass is 10.2. The third kappa shape index (κ3) is 2.01. The lowest BCUT2D eigenvalue weighted by molar-refractivity contribution is 0.0698. The summed E-state index contributed by atoms with van der Waals surface area (Å²) in [6, 6.07) is 7.30. The fourth-order valence-electron chi connectivity index (χ4n) is 1.92. The molecule has 6 heteroatoms. The highest BCUT2D eigenvalue weighted by atomic mass is 19.1. The Bertz CT molecular complexity index is 806. The SMILES string of the molecule is O=C(O)c1cccc2nc(-c3cc(F)cc(F)c3)oc12. The Morgan fingerprint density at radius 3 is 2.50 bits per heavy atom. The van der Waals surface area contributed by atoms with E-state index in [-0.39, 0.29) is 22.6 Å². The molecule has 1 aromatic heterocycles. The zero-order valence-corrected chi connectivity index (χ0v) is 9.93. The van der Waals surface area contributed by atoms with Gasteiger partial charge in [0, 0.05) is 11.6 Å². The molecule has 4 nitrogen and oxygen atoms in total. The van der Waals surface area contributed by atoms with Gasteiger partial charge in [-0.2, -0.15) is 0 Å². The highest BCUT2D eigenvalue weighted by Gasteiger charge is 2.16. The molecule has 0 aliphatic carbocycles. The minimum Gasteiger partial charge on any atom is -0.478 e. The first-order chi connectivity index (χ1) is 9.54. The number of hydrogen-bond acceptors (Lipinski definition) is 3. The third-order valence-corrected chi connectivity index (χ3v) is 2.75. The molecule has 0 aliphatic rings. The van der Waals surface area contributed by atoms with E-state index in [0.29, 0.717) is 5.52 Å². The fraction of sp³-hybridized carbons (Fsp3) is 0. The van der Waals surface area contributed by atoms with E-state index < -0.39 is 17.6 Å². The number of rotatable bonds is 2. The van der Waals surface area contributed by atoms with Crippen molar-refractivity contribution in [1.82, 2.24) is 4.98 Å². The molecule has 0 amide bonds. The number of oxazole rings is 1. The van der Waals surface area contributed by atoms with E-state index in [2.05, 4.69) is 4.98 Å². The van der Waals surface area contributed by atoms with Gasteiger partial charge in [0.2, 0.25) is 5.89 Å². The molecule has 2 aromatic carbocycles. The molecule has 0 saturated carbocycles. The monoisotopic (exact) mass is 275 g/mol. The molecule has 0 aliphatic heterocycles. The van der Waals surface area contributed by atoms with Gasteiger partial charge in [-0.1, -0.05) is 6.07 Å². The second kappa shape index (κ2) is 4.41. The molecule has 0 fully saturated rings. The topological polar surface area (TPSA) is 63.3 Å². The number of carbonyl (C=O) groups is 1. The van der Waals surface area contributed by atoms with Crippen LogP contribution in [0.3, 0.4) is 0 Å². The highest BCUT2D eigenvalue weighted by molar-refractivity contribution is 6.00. The maximum Gasteiger partial charge on any atom is 0.339 e. The first kappa shape index (κ1) is 12.3. The Kier molecular flexibility index (Phi) is 2.71. The molecule has 0 unspecified atom stereocenters. The molecule has 0 atom stereocenters. The zero-order valence-electron chi connectivity index (χ0n) is 9.93. The minimum absolute atomic E-state index is 0.0351. The van der Waals surface area contributed by atoms with Gasteiger partial charge in [-0.3, -0.25) is 0 Å². The van der Waals surface area contributed by atoms with Crippen molar-refractivity contribution >= 4 is 17.1 Å². The minimum atomic E-state index is -1.16. The summed E-state index contributed by atoms with van der Waals surface area (Å²) in [5.41, 5.74) is 0.428. The van der Waals surface area contributed by atoms with Crippen molar-refractivity contribution in [2.75, 3.05) is 0 Å². The van der Waals surface area contributed by atoms with Crippen molar-refractivity contribution < 1.29 is 23.1 Å². The Labute approximate surface area is 111 Å². The van der Waals surface area contributed by atoms with Crippen molar-refractivity contribution in [1.29, 1.82) is 0 Å². The predicted molar refractivity (Wildman–Crippen MR) is 66.3 cm³/mol. The average Bonchev–Trinajstić information content (AvgIpc) is 2.80. The van der Waals surface area contributed by atoms with E-state index in [1.165, 1.54) is 12.1 Å². The van der Waals surface area contributed by atoms with Crippen LogP contribution in [0.15, 0.2) is 40.8 Å². The Balaban J connectivity index is 2.23. The van der Waals surface area contributed by atoms with Crippen LogP contribution in [0, 0.1) is 11.6 Å². The highest BCUT2D eigenvalue weighted by Crippen LogP contribution is 2.27. The summed E-state index contributed by atoms with van der Waals surface area (Å²) >= 11 is 0. The van der Waals surface area contributed by atoms with Crippen LogP contribution >= 0.6 is 0 Å². The Morgan fingerprint density at radius 2 is 1.85 bits per heavy atom. The molecule has 3 rings (SSSR count). The summed E-state index contributed by atoms with van der Waals surface area (Å²) in [6.07, 6.45) is 0. The van der Waals surface area contributed by atoms with Crippen LogP contribution in [0.25, 0.3) is 22.6 Å². The van der Waals surface area contributed by atoms with Gasteiger partial charge in [-0.25, -0.2) is 18.6 Å². The Hall–Kier alpha value is -2.76. The molecular formula is C14H7F2NO3. The maximum absolute atomic E-state index is 13.2. The molecule has 20 heavy (non-hydrogen) atoms. The standard InChI is InChI=1S/C14H7F2NO3/c15-8-4-7(5-9(16)6-8)13-17-11-3-1-2-10(14(18)19)12(11)20-13/h1-6H,(H,18,19). The maximum atomic E-state index is 13.2. The lowest BCUT2D eigenvalue weighted by Gasteiger charge is -1.96. The van der Waals surface area contributed by atoms with Crippen LogP contribution in [0.5, 0.6) is 0 Å². The molecule has 0 spiro atoms.